The van der Waals surface area contributed by atoms with Gasteiger partial charge in [0.15, 0.2) is 0 Å². The molecule has 0 aromatic carbocycles. The van der Waals surface area contributed by atoms with Gasteiger partial charge in [-0.15, -0.1) is 0 Å². The average molecular weight is 374 g/mol. The van der Waals surface area contributed by atoms with E-state index >= 15 is 0 Å². The molecule has 0 saturated heterocycles. The Bertz CT molecular complexity index is 220. The molecule has 0 rings (SSSR count). The third-order valence-corrected chi connectivity index (χ3v) is 3.98. The number of carbonyl (C=O) groups is 1. The monoisotopic (exact) mass is 374 g/mol. The van der Waals surface area contributed by atoms with Crippen molar-refractivity contribution in [3.63, 3.8) is 0 Å². The summed E-state index contributed by atoms with van der Waals surface area (Å²) in [5.41, 5.74) is 0. The Balaban J connectivity index is -0.00000102. The van der Waals surface area contributed by atoms with Gasteiger partial charge in [0.05, 0.1) is 0 Å². The second-order valence-corrected chi connectivity index (χ2v) is 6.65. The number of hydrogen-bond donors (Lipinski definition) is 0. The number of carboxylic acid groups (broad SMARTS) is 1. The van der Waals surface area contributed by atoms with Gasteiger partial charge in [0.25, 0.3) is 0 Å². The summed E-state index contributed by atoms with van der Waals surface area (Å²) < 4.78 is 0. The van der Waals surface area contributed by atoms with E-state index in [1.54, 1.807) is 0 Å². The van der Waals surface area contributed by atoms with Crippen LogP contribution in [0.1, 0.15) is 124 Å². The molecule has 0 fully saturated rings. The van der Waals surface area contributed by atoms with E-state index in [-0.39, 0.29) is 28.1 Å². The first kappa shape index (κ1) is 29.0. The molecule has 0 aromatic rings. The smallest absolute Gasteiger partial charge is 0.550 e. The summed E-state index contributed by atoms with van der Waals surface area (Å²) in [6.07, 6.45) is 21.9. The first-order chi connectivity index (χ1) is 11.2. The third kappa shape index (κ3) is 33.7. The van der Waals surface area contributed by atoms with Crippen LogP contribution in [0.3, 0.4) is 0 Å². The Morgan fingerprint density at radius 2 is 0.917 bits per heavy atom. The number of aliphatic carboxylic acids is 1. The van der Waals surface area contributed by atoms with Crippen molar-refractivity contribution >= 4 is 5.97 Å². The van der Waals surface area contributed by atoms with Gasteiger partial charge >= 0.3 is 21.7 Å². The molecule has 0 spiro atoms. The van der Waals surface area contributed by atoms with Crippen molar-refractivity contribution in [1.29, 1.82) is 0 Å². The SMILES string of the molecule is CCCCCCCCCCCCCCCCCC(=O)[O-].C[CH-]C.[Ti+2]. The van der Waals surface area contributed by atoms with Crippen molar-refractivity contribution in [2.75, 3.05) is 0 Å². The molecule has 24 heavy (non-hydrogen) atoms. The largest absolute Gasteiger partial charge is 2.00 e. The van der Waals surface area contributed by atoms with Crippen LogP contribution >= 0.6 is 0 Å². The van der Waals surface area contributed by atoms with Gasteiger partial charge in [-0.25, -0.2) is 0 Å². The Morgan fingerprint density at radius 1 is 0.667 bits per heavy atom. The molecule has 0 saturated carbocycles. The molecule has 0 bridgehead atoms. The van der Waals surface area contributed by atoms with Crippen LogP contribution in [-0.2, 0) is 26.5 Å². The number of unbranched alkanes of at least 4 members (excludes halogenated alkanes) is 14. The summed E-state index contributed by atoms with van der Waals surface area (Å²) in [5, 5.41) is 10.2. The fraction of sp³-hybridized carbons (Fsp3) is 0.905. The maximum atomic E-state index is 10.2. The quantitative estimate of drug-likeness (QED) is 0.183. The van der Waals surface area contributed by atoms with Crippen LogP contribution < -0.4 is 5.11 Å². The topological polar surface area (TPSA) is 40.1 Å². The van der Waals surface area contributed by atoms with Crippen LogP contribution in [0.25, 0.3) is 0 Å². The van der Waals surface area contributed by atoms with Crippen LogP contribution in [-0.4, -0.2) is 5.97 Å². The molecule has 0 radical (unpaired) electrons. The fourth-order valence-corrected chi connectivity index (χ4v) is 2.64. The van der Waals surface area contributed by atoms with Crippen molar-refractivity contribution in [1.82, 2.24) is 0 Å². The van der Waals surface area contributed by atoms with E-state index in [2.05, 4.69) is 6.92 Å². The zero-order chi connectivity index (χ0) is 17.6. The summed E-state index contributed by atoms with van der Waals surface area (Å²) in [4.78, 5) is 10.2. The molecule has 0 aliphatic carbocycles. The first-order valence-electron chi connectivity index (χ1n) is 10.1. The van der Waals surface area contributed by atoms with Gasteiger partial charge in [0, 0.05) is 5.97 Å². The van der Waals surface area contributed by atoms with Crippen molar-refractivity contribution in [2.45, 2.75) is 124 Å². The van der Waals surface area contributed by atoms with Gasteiger partial charge in [0.1, 0.15) is 0 Å². The molecule has 3 heteroatoms. The normalized spacial score (nSPS) is 9.79. The van der Waals surface area contributed by atoms with E-state index in [0.29, 0.717) is 0 Å². The van der Waals surface area contributed by atoms with Crippen LogP contribution in [0.2, 0.25) is 0 Å². The molecular weight excluding hydrogens is 332 g/mol. The Kier molecular flexibility index (Phi) is 33.8. The molecule has 2 nitrogen and oxygen atoms in total. The van der Waals surface area contributed by atoms with E-state index in [1.165, 1.54) is 83.5 Å². The number of carbonyl (C=O) groups excluding carboxylic acids is 1. The molecule has 0 N–H and O–H groups in total. The van der Waals surface area contributed by atoms with Crippen LogP contribution in [0, 0.1) is 6.42 Å². The predicted octanol–water partition coefficient (Wildman–Crippen LogP) is 6.23. The van der Waals surface area contributed by atoms with Crippen molar-refractivity contribution in [3.05, 3.63) is 6.42 Å². The van der Waals surface area contributed by atoms with E-state index in [1.807, 2.05) is 20.3 Å². The molecule has 142 valence electrons. The van der Waals surface area contributed by atoms with Crippen LogP contribution in [0.5, 0.6) is 0 Å². The average Bonchev–Trinajstić information content (AvgIpc) is 2.51. The number of carboxylic acids is 1. The fourth-order valence-electron chi connectivity index (χ4n) is 2.64. The summed E-state index contributed by atoms with van der Waals surface area (Å²) in [5.74, 6) is -0.903. The van der Waals surface area contributed by atoms with Crippen LogP contribution in [0.15, 0.2) is 0 Å². The van der Waals surface area contributed by atoms with E-state index in [4.69, 9.17) is 0 Å². The molecule has 0 aliphatic rings. The maximum absolute atomic E-state index is 10.2. The number of hydrogen-bond acceptors (Lipinski definition) is 2. The maximum Gasteiger partial charge on any atom is 2.00 e. The van der Waals surface area contributed by atoms with Gasteiger partial charge in [-0.2, -0.15) is 13.8 Å². The molecule has 0 aliphatic heterocycles. The van der Waals surface area contributed by atoms with E-state index in [9.17, 15) is 9.90 Å². The van der Waals surface area contributed by atoms with E-state index < -0.39 is 5.97 Å². The predicted molar refractivity (Wildman–Crippen MR) is 100 cm³/mol. The molecule has 0 amide bonds. The standard InChI is InChI=1S/C18H36O2.C3H7.Ti/c1-2-3-4-5-6-7-8-9-10-11-12-13-14-15-16-17-18(19)20;1-3-2;/h2-17H2,1H3,(H,19,20);3H,1-2H3;/q;-1;+2/p-1. The van der Waals surface area contributed by atoms with Gasteiger partial charge in [-0.3, -0.25) is 0 Å². The van der Waals surface area contributed by atoms with Gasteiger partial charge in [-0.1, -0.05) is 96.8 Å². The van der Waals surface area contributed by atoms with Crippen molar-refractivity contribution in [2.24, 2.45) is 0 Å². The molecular formula is C21H42O2Ti. The zero-order valence-corrected chi connectivity index (χ0v) is 18.3. The summed E-state index contributed by atoms with van der Waals surface area (Å²) >= 11 is 0. The van der Waals surface area contributed by atoms with Crippen molar-refractivity contribution < 1.29 is 31.6 Å². The van der Waals surface area contributed by atoms with Gasteiger partial charge in [-0.05, 0) is 12.8 Å². The van der Waals surface area contributed by atoms with Crippen LogP contribution in [0.4, 0.5) is 0 Å². The van der Waals surface area contributed by atoms with Crippen molar-refractivity contribution in [3.8, 4) is 0 Å². The minimum Gasteiger partial charge on any atom is -0.550 e. The molecule has 0 aromatic heterocycles. The van der Waals surface area contributed by atoms with Gasteiger partial charge in [0.2, 0.25) is 0 Å². The zero-order valence-electron chi connectivity index (χ0n) is 16.7. The Morgan fingerprint density at radius 3 is 1.17 bits per heavy atom. The summed E-state index contributed by atoms with van der Waals surface area (Å²) in [7, 11) is 0. The Labute approximate surface area is 167 Å². The second-order valence-electron chi connectivity index (χ2n) is 6.65. The summed E-state index contributed by atoms with van der Waals surface area (Å²) in [6.45, 7) is 6.27. The minimum atomic E-state index is -0.903. The molecule has 0 heterocycles. The first-order valence-corrected chi connectivity index (χ1v) is 10.1. The van der Waals surface area contributed by atoms with E-state index in [0.717, 1.165) is 12.8 Å². The number of rotatable bonds is 16. The second kappa shape index (κ2) is 28.0. The van der Waals surface area contributed by atoms with Gasteiger partial charge < -0.3 is 16.3 Å². The molecule has 0 atom stereocenters. The minimum absolute atomic E-state index is 0. The Hall–Kier alpha value is 0.184. The molecule has 0 unspecified atom stereocenters. The third-order valence-electron chi connectivity index (χ3n) is 3.98. The summed E-state index contributed by atoms with van der Waals surface area (Å²) in [6, 6.07) is 0.